The topological polar surface area (TPSA) is 58.0 Å². The van der Waals surface area contributed by atoms with Crippen LogP contribution in [-0.2, 0) is 6.54 Å². The summed E-state index contributed by atoms with van der Waals surface area (Å²) < 4.78 is 1.52. The van der Waals surface area contributed by atoms with Crippen LogP contribution in [0.3, 0.4) is 0 Å². The normalized spacial score (nSPS) is 10.5. The molecule has 5 heteroatoms. The van der Waals surface area contributed by atoms with Crippen LogP contribution in [-0.4, -0.2) is 14.7 Å². The molecule has 0 aliphatic carbocycles. The lowest BCUT2D eigenvalue weighted by atomic mass is 10.2. The van der Waals surface area contributed by atoms with Crippen molar-refractivity contribution in [3.05, 3.63) is 51.7 Å². The molecule has 0 aliphatic rings. The molecule has 15 heavy (non-hydrogen) atoms. The second-order valence-electron chi connectivity index (χ2n) is 3.18. The Labute approximate surface area is 90.8 Å². The van der Waals surface area contributed by atoms with Crippen LogP contribution in [0.4, 0.5) is 0 Å². The standard InChI is InChI=1S/C10H9ClN2O2/c11-8-5-7(1-2-9(8)14)6-13-4-3-12-10(13)15/h1-5,14H,6H2,(H,12,15). The zero-order valence-corrected chi connectivity index (χ0v) is 8.53. The van der Waals surface area contributed by atoms with Gasteiger partial charge in [-0.1, -0.05) is 17.7 Å². The number of halogens is 1. The van der Waals surface area contributed by atoms with Gasteiger partial charge >= 0.3 is 5.69 Å². The molecule has 1 heterocycles. The van der Waals surface area contributed by atoms with Crippen molar-refractivity contribution in [3.63, 3.8) is 0 Å². The summed E-state index contributed by atoms with van der Waals surface area (Å²) in [5, 5.41) is 9.51. The average Bonchev–Trinajstić information content (AvgIpc) is 2.59. The van der Waals surface area contributed by atoms with Crippen molar-refractivity contribution < 1.29 is 5.11 Å². The molecule has 0 fully saturated rings. The molecule has 2 aromatic rings. The molecule has 78 valence electrons. The molecule has 0 saturated heterocycles. The molecule has 2 N–H and O–H groups in total. The summed E-state index contributed by atoms with van der Waals surface area (Å²) in [6.45, 7) is 0.433. The number of aromatic hydroxyl groups is 1. The van der Waals surface area contributed by atoms with Crippen LogP contribution >= 0.6 is 11.6 Å². The van der Waals surface area contributed by atoms with Crippen LogP contribution in [0.5, 0.6) is 5.75 Å². The van der Waals surface area contributed by atoms with Crippen LogP contribution < -0.4 is 5.69 Å². The van der Waals surface area contributed by atoms with E-state index in [2.05, 4.69) is 4.98 Å². The first kappa shape index (κ1) is 9.86. The Balaban J connectivity index is 2.29. The maximum atomic E-state index is 11.2. The second-order valence-corrected chi connectivity index (χ2v) is 3.59. The molecule has 4 nitrogen and oxygen atoms in total. The smallest absolute Gasteiger partial charge is 0.325 e. The second kappa shape index (κ2) is 3.82. The minimum absolute atomic E-state index is 0.0434. The van der Waals surface area contributed by atoms with Gasteiger partial charge in [-0.3, -0.25) is 4.57 Å². The fourth-order valence-electron chi connectivity index (χ4n) is 1.32. The maximum Gasteiger partial charge on any atom is 0.325 e. The number of nitrogens with one attached hydrogen (secondary N) is 1. The first-order chi connectivity index (χ1) is 7.16. The lowest BCUT2D eigenvalue weighted by Crippen LogP contribution is -2.16. The number of phenolic OH excluding ortho intramolecular Hbond substituents is 1. The third-order valence-electron chi connectivity index (χ3n) is 2.09. The number of hydrogen-bond acceptors (Lipinski definition) is 2. The van der Waals surface area contributed by atoms with Gasteiger partial charge in [0.25, 0.3) is 0 Å². The Morgan fingerprint density at radius 3 is 2.87 bits per heavy atom. The van der Waals surface area contributed by atoms with Gasteiger partial charge < -0.3 is 10.1 Å². The lowest BCUT2D eigenvalue weighted by molar-refractivity contribution is 0.475. The van der Waals surface area contributed by atoms with Gasteiger partial charge in [0, 0.05) is 12.4 Å². The summed E-state index contributed by atoms with van der Waals surface area (Å²) in [5.41, 5.74) is 0.693. The van der Waals surface area contributed by atoms with Gasteiger partial charge in [0.05, 0.1) is 11.6 Å². The van der Waals surface area contributed by atoms with E-state index in [0.717, 1.165) is 5.56 Å². The minimum atomic E-state index is -0.167. The van der Waals surface area contributed by atoms with Crippen LogP contribution in [0.2, 0.25) is 5.02 Å². The van der Waals surface area contributed by atoms with Gasteiger partial charge in [-0.25, -0.2) is 4.79 Å². The van der Waals surface area contributed by atoms with E-state index in [4.69, 9.17) is 11.6 Å². The highest BCUT2D eigenvalue weighted by Gasteiger charge is 2.02. The minimum Gasteiger partial charge on any atom is -0.506 e. The predicted molar refractivity (Wildman–Crippen MR) is 57.3 cm³/mol. The van der Waals surface area contributed by atoms with Gasteiger partial charge in [0.15, 0.2) is 0 Å². The quantitative estimate of drug-likeness (QED) is 0.814. The number of H-pyrrole nitrogens is 1. The van der Waals surface area contributed by atoms with Gasteiger partial charge in [-0.15, -0.1) is 0 Å². The molecule has 1 aromatic heterocycles. The molecule has 0 radical (unpaired) electrons. The van der Waals surface area contributed by atoms with Crippen molar-refractivity contribution in [2.45, 2.75) is 6.54 Å². The number of rotatable bonds is 2. The number of aromatic nitrogens is 2. The molecule has 0 amide bonds. The van der Waals surface area contributed by atoms with E-state index in [1.54, 1.807) is 24.5 Å². The number of phenols is 1. The van der Waals surface area contributed by atoms with Crippen molar-refractivity contribution in [1.82, 2.24) is 9.55 Å². The van der Waals surface area contributed by atoms with Crippen molar-refractivity contribution in [2.75, 3.05) is 0 Å². The van der Waals surface area contributed by atoms with Crippen LogP contribution in [0, 0.1) is 0 Å². The summed E-state index contributed by atoms with van der Waals surface area (Å²) >= 11 is 5.75. The highest BCUT2D eigenvalue weighted by Crippen LogP contribution is 2.23. The molecular weight excluding hydrogens is 216 g/mol. The predicted octanol–water partition coefficient (Wildman–Crippen LogP) is 1.58. The Bertz CT molecular complexity index is 530. The van der Waals surface area contributed by atoms with Crippen molar-refractivity contribution in [1.29, 1.82) is 0 Å². The first-order valence-corrected chi connectivity index (χ1v) is 4.76. The van der Waals surface area contributed by atoms with Gasteiger partial charge in [0.1, 0.15) is 5.75 Å². The molecule has 0 bridgehead atoms. The van der Waals surface area contributed by atoms with E-state index >= 15 is 0 Å². The molecule has 0 spiro atoms. The van der Waals surface area contributed by atoms with E-state index in [1.165, 1.54) is 10.6 Å². The number of hydrogen-bond donors (Lipinski definition) is 2. The van der Waals surface area contributed by atoms with E-state index in [9.17, 15) is 9.90 Å². The highest BCUT2D eigenvalue weighted by atomic mass is 35.5. The van der Waals surface area contributed by atoms with Crippen molar-refractivity contribution in [2.24, 2.45) is 0 Å². The van der Waals surface area contributed by atoms with Gasteiger partial charge in [-0.2, -0.15) is 0 Å². The molecule has 0 atom stereocenters. The lowest BCUT2D eigenvalue weighted by Gasteiger charge is -2.03. The Morgan fingerprint density at radius 1 is 1.47 bits per heavy atom. The Morgan fingerprint density at radius 2 is 2.27 bits per heavy atom. The van der Waals surface area contributed by atoms with E-state index < -0.39 is 0 Å². The van der Waals surface area contributed by atoms with Gasteiger partial charge in [0.2, 0.25) is 0 Å². The van der Waals surface area contributed by atoms with E-state index in [1.807, 2.05) is 0 Å². The van der Waals surface area contributed by atoms with Crippen LogP contribution in [0.1, 0.15) is 5.56 Å². The van der Waals surface area contributed by atoms with Crippen molar-refractivity contribution >= 4 is 11.6 Å². The maximum absolute atomic E-state index is 11.2. The summed E-state index contributed by atoms with van der Waals surface area (Å²) in [4.78, 5) is 13.7. The average molecular weight is 225 g/mol. The fourth-order valence-corrected chi connectivity index (χ4v) is 1.52. The zero-order chi connectivity index (χ0) is 10.8. The van der Waals surface area contributed by atoms with E-state index in [0.29, 0.717) is 6.54 Å². The third-order valence-corrected chi connectivity index (χ3v) is 2.39. The SMILES string of the molecule is O=c1[nH]ccn1Cc1ccc(O)c(Cl)c1. The Hall–Kier alpha value is -1.68. The molecule has 0 aliphatic heterocycles. The summed E-state index contributed by atoms with van der Waals surface area (Å²) in [5.74, 6) is 0.0434. The third kappa shape index (κ3) is 2.05. The van der Waals surface area contributed by atoms with E-state index in [-0.39, 0.29) is 16.5 Å². The van der Waals surface area contributed by atoms with Crippen LogP contribution in [0.25, 0.3) is 0 Å². The number of imidazole rings is 1. The molecular formula is C10H9ClN2O2. The summed E-state index contributed by atoms with van der Waals surface area (Å²) in [7, 11) is 0. The fraction of sp³-hybridized carbons (Fsp3) is 0.100. The Kier molecular flexibility index (Phi) is 2.51. The molecule has 2 rings (SSSR count). The monoisotopic (exact) mass is 224 g/mol. The van der Waals surface area contributed by atoms with Gasteiger partial charge in [-0.05, 0) is 17.7 Å². The number of aromatic amines is 1. The summed E-state index contributed by atoms with van der Waals surface area (Å²) in [6, 6.07) is 4.87. The molecule has 1 aromatic carbocycles. The zero-order valence-electron chi connectivity index (χ0n) is 7.77. The van der Waals surface area contributed by atoms with Crippen molar-refractivity contribution in [3.8, 4) is 5.75 Å². The largest absolute Gasteiger partial charge is 0.506 e. The summed E-state index contributed by atoms with van der Waals surface area (Å²) in [6.07, 6.45) is 3.23. The first-order valence-electron chi connectivity index (χ1n) is 4.38. The highest BCUT2D eigenvalue weighted by molar-refractivity contribution is 6.32. The van der Waals surface area contributed by atoms with Crippen LogP contribution in [0.15, 0.2) is 35.4 Å². The number of nitrogens with zero attached hydrogens (tertiary/aromatic N) is 1. The molecule has 0 saturated carbocycles. The number of benzene rings is 1. The molecule has 0 unspecified atom stereocenters.